The number of hydrogen-bond donors (Lipinski definition) is 1. The van der Waals surface area contributed by atoms with Crippen molar-refractivity contribution in [2.75, 3.05) is 78.8 Å². The number of aryl methyl sites for hydroxylation is 1. The Morgan fingerprint density at radius 2 is 1.79 bits per heavy atom. The highest BCUT2D eigenvalue weighted by atomic mass is 16.5. The third-order valence-electron chi connectivity index (χ3n) is 8.21. The Hall–Kier alpha value is -1.67. The smallest absolute Gasteiger partial charge is 0.225 e. The molecule has 2 atom stereocenters. The van der Waals surface area contributed by atoms with Crippen LogP contribution < -0.4 is 4.74 Å². The topological polar surface area (TPSA) is 65.5 Å². The molecule has 2 aliphatic heterocycles. The molecule has 2 fully saturated rings. The van der Waals surface area contributed by atoms with Crippen LogP contribution >= 0.6 is 0 Å². The lowest BCUT2D eigenvalue weighted by Crippen LogP contribution is -2.51. The number of piperazine rings is 1. The van der Waals surface area contributed by atoms with Crippen molar-refractivity contribution in [2.24, 2.45) is 11.8 Å². The number of rotatable bonds is 8. The lowest BCUT2D eigenvalue weighted by molar-refractivity contribution is -0.138. The third-order valence-corrected chi connectivity index (χ3v) is 8.21. The third kappa shape index (κ3) is 5.93. The number of carbonyl (C=O) groups is 1. The van der Waals surface area contributed by atoms with Gasteiger partial charge in [0.2, 0.25) is 5.91 Å². The Labute approximate surface area is 205 Å². The van der Waals surface area contributed by atoms with Gasteiger partial charge in [-0.2, -0.15) is 0 Å². The van der Waals surface area contributed by atoms with Crippen molar-refractivity contribution in [3.63, 3.8) is 0 Å². The predicted octanol–water partition coefficient (Wildman–Crippen LogP) is 1.89. The second kappa shape index (κ2) is 11.8. The summed E-state index contributed by atoms with van der Waals surface area (Å²) in [5, 5.41) is 9.16. The first kappa shape index (κ1) is 25.4. The summed E-state index contributed by atoms with van der Waals surface area (Å²) in [6.07, 6.45) is 3.07. The van der Waals surface area contributed by atoms with Gasteiger partial charge in [-0.25, -0.2) is 0 Å². The minimum atomic E-state index is 0.0307. The molecule has 0 radical (unpaired) electrons. The maximum atomic E-state index is 13.3. The van der Waals surface area contributed by atoms with Crippen LogP contribution in [0.3, 0.4) is 0 Å². The normalized spacial score (nSPS) is 22.9. The fraction of sp³-hybridized carbons (Fsp3) is 0.741. The van der Waals surface area contributed by atoms with Crippen LogP contribution in [0.5, 0.6) is 5.75 Å². The molecule has 0 spiro atoms. The summed E-state index contributed by atoms with van der Waals surface area (Å²) in [7, 11) is 0. The number of nitrogens with zero attached hydrogens (tertiary/aromatic N) is 3. The number of ether oxygens (including phenoxy) is 2. The molecule has 0 aromatic heterocycles. The summed E-state index contributed by atoms with van der Waals surface area (Å²) in [4.78, 5) is 20.0. The van der Waals surface area contributed by atoms with Crippen molar-refractivity contribution in [3.05, 3.63) is 28.3 Å². The molecule has 1 aliphatic carbocycles. The van der Waals surface area contributed by atoms with Gasteiger partial charge in [0.1, 0.15) is 12.4 Å². The number of morpholine rings is 1. The Morgan fingerprint density at radius 1 is 1.09 bits per heavy atom. The van der Waals surface area contributed by atoms with E-state index in [2.05, 4.69) is 36.6 Å². The zero-order valence-electron chi connectivity index (χ0n) is 21.4. The van der Waals surface area contributed by atoms with E-state index in [9.17, 15) is 4.79 Å². The molecule has 1 amide bonds. The first-order chi connectivity index (χ1) is 16.5. The number of aliphatic hydroxyl groups excluding tert-OH is 1. The van der Waals surface area contributed by atoms with E-state index in [1.165, 1.54) is 22.3 Å². The first-order valence-corrected chi connectivity index (χ1v) is 13.1. The van der Waals surface area contributed by atoms with E-state index >= 15 is 0 Å². The van der Waals surface area contributed by atoms with Gasteiger partial charge in [0.05, 0.1) is 19.8 Å². The molecular weight excluding hydrogens is 430 g/mol. The van der Waals surface area contributed by atoms with Gasteiger partial charge in [-0.15, -0.1) is 0 Å². The first-order valence-electron chi connectivity index (χ1n) is 13.1. The van der Waals surface area contributed by atoms with Crippen LogP contribution in [-0.4, -0.2) is 104 Å². The summed E-state index contributed by atoms with van der Waals surface area (Å²) in [5.41, 5.74) is 5.44. The van der Waals surface area contributed by atoms with Gasteiger partial charge in [-0.05, 0) is 67.3 Å². The number of aliphatic hydroxyl groups is 1. The Morgan fingerprint density at radius 3 is 2.50 bits per heavy atom. The number of benzene rings is 1. The second-order valence-electron chi connectivity index (χ2n) is 10.3. The molecule has 7 nitrogen and oxygen atoms in total. The number of hydrogen-bond acceptors (Lipinski definition) is 6. The molecule has 1 N–H and O–H groups in total. The van der Waals surface area contributed by atoms with E-state index < -0.39 is 0 Å². The van der Waals surface area contributed by atoms with Crippen LogP contribution in [0.25, 0.3) is 0 Å². The fourth-order valence-corrected chi connectivity index (χ4v) is 5.83. The Balaban J connectivity index is 1.37. The number of carbonyl (C=O) groups excluding carboxylic acids is 1. The van der Waals surface area contributed by atoms with E-state index in [0.29, 0.717) is 25.0 Å². The van der Waals surface area contributed by atoms with Gasteiger partial charge in [-0.3, -0.25) is 14.6 Å². The zero-order chi connectivity index (χ0) is 24.1. The minimum Gasteiger partial charge on any atom is -0.492 e. The van der Waals surface area contributed by atoms with Gasteiger partial charge in [-0.1, -0.05) is 6.92 Å². The van der Waals surface area contributed by atoms with E-state index in [1.54, 1.807) is 0 Å². The van der Waals surface area contributed by atoms with Gasteiger partial charge in [0, 0.05) is 58.3 Å². The molecule has 4 rings (SSSR count). The summed E-state index contributed by atoms with van der Waals surface area (Å²) in [6.45, 7) is 15.9. The molecule has 2 unspecified atom stereocenters. The van der Waals surface area contributed by atoms with Gasteiger partial charge in [0.25, 0.3) is 0 Å². The molecule has 0 bridgehead atoms. The van der Waals surface area contributed by atoms with Crippen molar-refractivity contribution in [1.82, 2.24) is 14.7 Å². The molecule has 3 aliphatic rings. The van der Waals surface area contributed by atoms with Crippen molar-refractivity contribution in [1.29, 1.82) is 0 Å². The quantitative estimate of drug-likeness (QED) is 0.622. The second-order valence-corrected chi connectivity index (χ2v) is 10.3. The number of fused-ring (bicyclic) bond motifs is 1. The van der Waals surface area contributed by atoms with Crippen LogP contribution in [0.2, 0.25) is 0 Å². The molecular formula is C27H43N3O4. The molecule has 2 saturated heterocycles. The lowest BCUT2D eigenvalue weighted by Gasteiger charge is -2.38. The monoisotopic (exact) mass is 473 g/mol. The molecule has 2 heterocycles. The average Bonchev–Trinajstić information content (AvgIpc) is 2.87. The van der Waals surface area contributed by atoms with Crippen molar-refractivity contribution in [2.45, 2.75) is 40.0 Å². The largest absolute Gasteiger partial charge is 0.492 e. The highest BCUT2D eigenvalue weighted by molar-refractivity contribution is 5.79. The van der Waals surface area contributed by atoms with Gasteiger partial charge < -0.3 is 19.5 Å². The van der Waals surface area contributed by atoms with Gasteiger partial charge in [0.15, 0.2) is 0 Å². The maximum Gasteiger partial charge on any atom is 0.225 e. The van der Waals surface area contributed by atoms with Gasteiger partial charge >= 0.3 is 0 Å². The Kier molecular flexibility index (Phi) is 8.86. The highest BCUT2D eigenvalue weighted by Gasteiger charge is 2.33. The summed E-state index contributed by atoms with van der Waals surface area (Å²) in [6, 6.07) is 2.22. The van der Waals surface area contributed by atoms with E-state index in [1.807, 2.05) is 4.90 Å². The SMILES string of the molecule is Cc1cc(OCCN2CCOCC2)c(C)c2c1CCC(C(C)C(=O)N1CCN(CCO)CC1)C2. The van der Waals surface area contributed by atoms with Crippen molar-refractivity contribution >= 4 is 5.91 Å². The predicted molar refractivity (Wildman–Crippen MR) is 133 cm³/mol. The molecule has 0 saturated carbocycles. The zero-order valence-corrected chi connectivity index (χ0v) is 21.4. The van der Waals surface area contributed by atoms with Crippen molar-refractivity contribution in [3.8, 4) is 5.75 Å². The van der Waals surface area contributed by atoms with E-state index in [0.717, 1.165) is 84.0 Å². The summed E-state index contributed by atoms with van der Waals surface area (Å²) >= 11 is 0. The van der Waals surface area contributed by atoms with Crippen LogP contribution in [0.1, 0.15) is 35.6 Å². The van der Waals surface area contributed by atoms with Crippen LogP contribution in [-0.2, 0) is 22.4 Å². The van der Waals surface area contributed by atoms with E-state index in [4.69, 9.17) is 14.6 Å². The Bertz CT molecular complexity index is 832. The van der Waals surface area contributed by atoms with Crippen LogP contribution in [0.15, 0.2) is 6.07 Å². The lowest BCUT2D eigenvalue weighted by atomic mass is 9.74. The summed E-state index contributed by atoms with van der Waals surface area (Å²) in [5.74, 6) is 1.70. The van der Waals surface area contributed by atoms with Crippen LogP contribution in [0.4, 0.5) is 0 Å². The number of amides is 1. The van der Waals surface area contributed by atoms with Crippen molar-refractivity contribution < 1.29 is 19.4 Å². The molecule has 7 heteroatoms. The number of β-amino-alcohol motifs (C(OH)–C–C–N with tert-alkyl or cyclic N) is 1. The fourth-order valence-electron chi connectivity index (χ4n) is 5.83. The molecule has 34 heavy (non-hydrogen) atoms. The molecule has 1 aromatic carbocycles. The summed E-state index contributed by atoms with van der Waals surface area (Å²) < 4.78 is 11.7. The average molecular weight is 474 g/mol. The minimum absolute atomic E-state index is 0.0307. The molecule has 1 aromatic rings. The maximum absolute atomic E-state index is 13.3. The van der Waals surface area contributed by atoms with Crippen LogP contribution in [0, 0.1) is 25.7 Å². The highest BCUT2D eigenvalue weighted by Crippen LogP contribution is 2.38. The molecule has 190 valence electrons. The standard InChI is InChI=1S/C27H43N3O4/c1-20-18-26(34-17-13-29-11-15-33-16-12-29)22(3)25-19-23(4-5-24(20)25)21(2)27(32)30-8-6-28(7-9-30)10-14-31/h18,21,23,31H,4-17,19H2,1-3H3. The van der Waals surface area contributed by atoms with E-state index in [-0.39, 0.29) is 12.5 Å².